The lowest BCUT2D eigenvalue weighted by Crippen LogP contribution is -2.19. The van der Waals surface area contributed by atoms with Crippen molar-refractivity contribution >= 4 is 17.7 Å². The predicted molar refractivity (Wildman–Crippen MR) is 82.6 cm³/mol. The van der Waals surface area contributed by atoms with E-state index in [4.69, 9.17) is 10.5 Å². The SMILES string of the molecule is NC(=O)OC(=O)c1cc(Oc2ccc3c(c2)CCCN3)ccn1. The molecule has 1 aromatic heterocycles. The Kier molecular flexibility index (Phi) is 4.09. The minimum Gasteiger partial charge on any atom is -0.457 e. The van der Waals surface area contributed by atoms with Crippen molar-refractivity contribution in [3.63, 3.8) is 0 Å². The number of nitrogens with two attached hydrogens (primary N) is 1. The van der Waals surface area contributed by atoms with Crippen molar-refractivity contribution in [3.8, 4) is 11.5 Å². The van der Waals surface area contributed by atoms with Crippen LogP contribution in [0.4, 0.5) is 10.5 Å². The summed E-state index contributed by atoms with van der Waals surface area (Å²) in [6, 6.07) is 8.78. The van der Waals surface area contributed by atoms with E-state index < -0.39 is 12.1 Å². The monoisotopic (exact) mass is 313 g/mol. The molecule has 0 radical (unpaired) electrons. The smallest absolute Gasteiger partial charge is 0.412 e. The van der Waals surface area contributed by atoms with Crippen molar-refractivity contribution in [1.82, 2.24) is 4.98 Å². The number of pyridine rings is 1. The minimum atomic E-state index is -1.18. The minimum absolute atomic E-state index is 0.0547. The van der Waals surface area contributed by atoms with Crippen molar-refractivity contribution in [2.24, 2.45) is 5.73 Å². The molecule has 0 fully saturated rings. The lowest BCUT2D eigenvalue weighted by atomic mass is 10.0. The molecule has 23 heavy (non-hydrogen) atoms. The molecule has 7 heteroatoms. The van der Waals surface area contributed by atoms with Crippen LogP contribution in [0.3, 0.4) is 0 Å². The van der Waals surface area contributed by atoms with E-state index in [1.165, 1.54) is 17.8 Å². The summed E-state index contributed by atoms with van der Waals surface area (Å²) in [5.41, 5.74) is 7.06. The zero-order valence-electron chi connectivity index (χ0n) is 12.2. The molecule has 1 aliphatic rings. The van der Waals surface area contributed by atoms with Gasteiger partial charge in [0.1, 0.15) is 11.5 Å². The summed E-state index contributed by atoms with van der Waals surface area (Å²) in [5, 5.41) is 3.33. The van der Waals surface area contributed by atoms with E-state index in [-0.39, 0.29) is 5.69 Å². The summed E-state index contributed by atoms with van der Waals surface area (Å²) >= 11 is 0. The molecule has 0 unspecified atom stereocenters. The number of carbonyl (C=O) groups excluding carboxylic acids is 2. The van der Waals surface area contributed by atoms with E-state index in [0.717, 1.165) is 25.1 Å². The van der Waals surface area contributed by atoms with Crippen LogP contribution < -0.4 is 15.8 Å². The van der Waals surface area contributed by atoms with Gasteiger partial charge in [-0.25, -0.2) is 14.6 Å². The number of nitrogens with one attached hydrogen (secondary N) is 1. The Labute approximate surface area is 132 Å². The maximum atomic E-state index is 11.6. The molecule has 118 valence electrons. The lowest BCUT2D eigenvalue weighted by Gasteiger charge is -2.18. The molecule has 2 heterocycles. The van der Waals surface area contributed by atoms with Gasteiger partial charge in [-0.05, 0) is 42.7 Å². The third kappa shape index (κ3) is 3.57. The van der Waals surface area contributed by atoms with Gasteiger partial charge in [-0.15, -0.1) is 0 Å². The van der Waals surface area contributed by atoms with Crippen molar-refractivity contribution in [1.29, 1.82) is 0 Å². The molecule has 3 N–H and O–H groups in total. The predicted octanol–water partition coefficient (Wildman–Crippen LogP) is 2.47. The summed E-state index contributed by atoms with van der Waals surface area (Å²) in [4.78, 5) is 26.0. The Balaban J connectivity index is 1.78. The first-order valence-corrected chi connectivity index (χ1v) is 7.14. The van der Waals surface area contributed by atoms with Crippen molar-refractivity contribution in [2.45, 2.75) is 12.8 Å². The van der Waals surface area contributed by atoms with Crippen molar-refractivity contribution in [2.75, 3.05) is 11.9 Å². The Morgan fingerprint density at radius 1 is 1.17 bits per heavy atom. The highest BCUT2D eigenvalue weighted by atomic mass is 16.6. The van der Waals surface area contributed by atoms with Gasteiger partial charge in [-0.3, -0.25) is 0 Å². The summed E-state index contributed by atoms with van der Waals surface area (Å²) in [6.45, 7) is 0.975. The molecule has 1 aromatic carbocycles. The Morgan fingerprint density at radius 3 is 2.83 bits per heavy atom. The van der Waals surface area contributed by atoms with E-state index in [1.54, 1.807) is 6.07 Å². The van der Waals surface area contributed by atoms with Crippen LogP contribution in [0.15, 0.2) is 36.5 Å². The Bertz CT molecular complexity index is 761. The maximum Gasteiger partial charge on any atom is 0.412 e. The first-order chi connectivity index (χ1) is 11.1. The molecule has 1 aliphatic heterocycles. The summed E-state index contributed by atoms with van der Waals surface area (Å²) in [6.07, 6.45) is 2.29. The third-order valence-electron chi connectivity index (χ3n) is 3.38. The van der Waals surface area contributed by atoms with E-state index in [9.17, 15) is 9.59 Å². The van der Waals surface area contributed by atoms with Gasteiger partial charge >= 0.3 is 12.1 Å². The van der Waals surface area contributed by atoms with Crippen LogP contribution in [0.25, 0.3) is 0 Å². The lowest BCUT2D eigenvalue weighted by molar-refractivity contribution is 0.0631. The second-order valence-corrected chi connectivity index (χ2v) is 5.04. The number of esters is 1. The van der Waals surface area contributed by atoms with Crippen LogP contribution in [-0.2, 0) is 11.2 Å². The average Bonchev–Trinajstić information content (AvgIpc) is 2.54. The van der Waals surface area contributed by atoms with Gasteiger partial charge in [0.05, 0.1) is 0 Å². The average molecular weight is 313 g/mol. The normalized spacial score (nSPS) is 12.7. The maximum absolute atomic E-state index is 11.6. The Morgan fingerprint density at radius 2 is 2.00 bits per heavy atom. The molecule has 0 saturated heterocycles. The van der Waals surface area contributed by atoms with E-state index in [0.29, 0.717) is 11.5 Å². The van der Waals surface area contributed by atoms with Crippen molar-refractivity contribution < 1.29 is 19.1 Å². The molecular formula is C16H15N3O4. The first kappa shape index (κ1) is 14.8. The van der Waals surface area contributed by atoms with Gasteiger partial charge in [0.2, 0.25) is 0 Å². The standard InChI is InChI=1S/C16H15N3O4/c17-16(21)23-15(20)14-9-12(5-7-19-14)22-11-3-4-13-10(8-11)2-1-6-18-13/h3-5,7-9,18H,1-2,6H2,(H2,17,21). The largest absolute Gasteiger partial charge is 0.457 e. The molecular weight excluding hydrogens is 298 g/mol. The van der Waals surface area contributed by atoms with Gasteiger partial charge in [0, 0.05) is 24.5 Å². The van der Waals surface area contributed by atoms with Crippen LogP contribution in [-0.4, -0.2) is 23.6 Å². The summed E-state index contributed by atoms with van der Waals surface area (Å²) in [5.74, 6) is 0.158. The number of carbonyl (C=O) groups is 2. The van der Waals surface area contributed by atoms with Gasteiger partial charge in [-0.1, -0.05) is 0 Å². The molecule has 0 bridgehead atoms. The van der Waals surface area contributed by atoms with Crippen LogP contribution in [0.5, 0.6) is 11.5 Å². The number of anilines is 1. The molecule has 3 rings (SSSR count). The number of rotatable bonds is 3. The Hall–Kier alpha value is -3.09. The summed E-state index contributed by atoms with van der Waals surface area (Å²) < 4.78 is 10.0. The van der Waals surface area contributed by atoms with Crippen LogP contribution in [0.2, 0.25) is 0 Å². The number of aryl methyl sites for hydroxylation is 1. The number of aromatic nitrogens is 1. The molecule has 7 nitrogen and oxygen atoms in total. The van der Waals surface area contributed by atoms with Crippen LogP contribution >= 0.6 is 0 Å². The molecule has 0 atom stereocenters. The van der Waals surface area contributed by atoms with Gasteiger partial charge in [0.15, 0.2) is 5.69 Å². The van der Waals surface area contributed by atoms with Gasteiger partial charge in [-0.2, -0.15) is 0 Å². The fraction of sp³-hybridized carbons (Fsp3) is 0.188. The number of primary amides is 1. The van der Waals surface area contributed by atoms with Crippen LogP contribution in [0, 0.1) is 0 Å². The summed E-state index contributed by atoms with van der Waals surface area (Å²) in [7, 11) is 0. The fourth-order valence-electron chi connectivity index (χ4n) is 2.38. The quantitative estimate of drug-likeness (QED) is 0.666. The number of benzene rings is 1. The molecule has 2 aromatic rings. The highest BCUT2D eigenvalue weighted by Crippen LogP contribution is 2.29. The number of ether oxygens (including phenoxy) is 2. The third-order valence-corrected chi connectivity index (χ3v) is 3.38. The van der Waals surface area contributed by atoms with Crippen LogP contribution in [0.1, 0.15) is 22.5 Å². The second-order valence-electron chi connectivity index (χ2n) is 5.04. The van der Waals surface area contributed by atoms with Gasteiger partial charge < -0.3 is 20.5 Å². The topological polar surface area (TPSA) is 104 Å². The van der Waals surface area contributed by atoms with Crippen molar-refractivity contribution in [3.05, 3.63) is 47.8 Å². The zero-order chi connectivity index (χ0) is 16.2. The number of hydrogen-bond donors (Lipinski definition) is 2. The fourth-order valence-corrected chi connectivity index (χ4v) is 2.38. The number of nitrogens with zero attached hydrogens (tertiary/aromatic N) is 1. The van der Waals surface area contributed by atoms with Gasteiger partial charge in [0.25, 0.3) is 0 Å². The molecule has 0 aliphatic carbocycles. The highest BCUT2D eigenvalue weighted by Gasteiger charge is 2.14. The number of hydrogen-bond acceptors (Lipinski definition) is 6. The van der Waals surface area contributed by atoms with E-state index >= 15 is 0 Å². The first-order valence-electron chi connectivity index (χ1n) is 7.14. The molecule has 0 saturated carbocycles. The van der Waals surface area contributed by atoms with E-state index in [1.807, 2.05) is 18.2 Å². The highest BCUT2D eigenvalue weighted by molar-refractivity contribution is 5.94. The molecule has 0 spiro atoms. The number of fused-ring (bicyclic) bond motifs is 1. The second kappa shape index (κ2) is 6.35. The zero-order valence-corrected chi connectivity index (χ0v) is 12.2. The number of amides is 1. The molecule has 1 amide bonds. The van der Waals surface area contributed by atoms with E-state index in [2.05, 4.69) is 15.0 Å².